The highest BCUT2D eigenvalue weighted by Gasteiger charge is 2.33. The Morgan fingerprint density at radius 3 is 2.24 bits per heavy atom. The Hall–Kier alpha value is -4.75. The number of benzene rings is 3. The number of methoxy groups -OCH3 is 1. The third-order valence-electron chi connectivity index (χ3n) is 7.76. The first-order valence-corrected chi connectivity index (χ1v) is 14.8. The Labute approximate surface area is 248 Å². The van der Waals surface area contributed by atoms with Gasteiger partial charge in [-0.1, -0.05) is 91.1 Å². The number of ether oxygens (including phenoxy) is 1. The van der Waals surface area contributed by atoms with E-state index in [2.05, 4.69) is 60.9 Å². The third-order valence-corrected chi connectivity index (χ3v) is 8.74. The highest BCUT2D eigenvalue weighted by molar-refractivity contribution is 7.07. The molecule has 6 rings (SSSR count). The van der Waals surface area contributed by atoms with Crippen LogP contribution in [0.4, 0.5) is 0 Å². The van der Waals surface area contributed by atoms with Crippen LogP contribution in [0.15, 0.2) is 112 Å². The lowest BCUT2D eigenvalue weighted by Crippen LogP contribution is -2.40. The summed E-state index contributed by atoms with van der Waals surface area (Å²) in [7, 11) is 1.36. The number of rotatable bonds is 6. The number of carbonyl (C=O) groups is 1. The van der Waals surface area contributed by atoms with E-state index in [0.29, 0.717) is 27.0 Å². The maximum Gasteiger partial charge on any atom is 0.338 e. The van der Waals surface area contributed by atoms with Gasteiger partial charge in [0.05, 0.1) is 29.0 Å². The molecule has 1 aliphatic heterocycles. The molecule has 0 aliphatic carbocycles. The molecule has 6 nitrogen and oxygen atoms in total. The largest absolute Gasteiger partial charge is 0.466 e. The molecule has 7 heteroatoms. The number of hydrogen-bond donors (Lipinski definition) is 0. The van der Waals surface area contributed by atoms with E-state index >= 15 is 0 Å². The molecule has 3 heterocycles. The first kappa shape index (κ1) is 27.4. The predicted molar refractivity (Wildman–Crippen MR) is 168 cm³/mol. The Morgan fingerprint density at radius 2 is 1.60 bits per heavy atom. The highest BCUT2D eigenvalue weighted by atomic mass is 32.1. The van der Waals surface area contributed by atoms with E-state index in [1.165, 1.54) is 24.0 Å². The number of carbonyl (C=O) groups excluding carboxylic acids is 1. The van der Waals surface area contributed by atoms with Crippen molar-refractivity contribution in [3.05, 3.63) is 144 Å². The minimum Gasteiger partial charge on any atom is -0.466 e. The van der Waals surface area contributed by atoms with Gasteiger partial charge in [0.25, 0.3) is 5.56 Å². The summed E-state index contributed by atoms with van der Waals surface area (Å²) >= 11 is 1.35. The van der Waals surface area contributed by atoms with E-state index in [-0.39, 0.29) is 5.56 Å². The van der Waals surface area contributed by atoms with Crippen molar-refractivity contribution in [2.75, 3.05) is 7.11 Å². The highest BCUT2D eigenvalue weighted by Crippen LogP contribution is 2.32. The summed E-state index contributed by atoms with van der Waals surface area (Å²) in [5.41, 5.74) is 8.17. The zero-order valence-electron chi connectivity index (χ0n) is 24.0. The summed E-state index contributed by atoms with van der Waals surface area (Å²) in [4.78, 5) is 32.3. The molecule has 0 fully saturated rings. The lowest BCUT2D eigenvalue weighted by molar-refractivity contribution is -0.136. The Morgan fingerprint density at radius 1 is 0.952 bits per heavy atom. The molecule has 0 unspecified atom stereocenters. The van der Waals surface area contributed by atoms with Crippen molar-refractivity contribution in [1.82, 2.24) is 9.13 Å². The molecular formula is C35H31N3O3S. The van der Waals surface area contributed by atoms with E-state index < -0.39 is 12.0 Å². The molecule has 0 N–H and O–H groups in total. The van der Waals surface area contributed by atoms with Gasteiger partial charge in [-0.2, -0.15) is 0 Å². The van der Waals surface area contributed by atoms with Crippen molar-refractivity contribution in [3.8, 4) is 16.8 Å². The van der Waals surface area contributed by atoms with Crippen LogP contribution in [-0.4, -0.2) is 22.2 Å². The normalized spacial score (nSPS) is 15.0. The number of nitrogens with zero attached hydrogens (tertiary/aromatic N) is 3. The third kappa shape index (κ3) is 4.76. The van der Waals surface area contributed by atoms with Gasteiger partial charge in [-0.05, 0) is 66.8 Å². The number of thiazole rings is 1. The number of esters is 1. The predicted octanol–water partition coefficient (Wildman–Crippen LogP) is 5.87. The Kier molecular flexibility index (Phi) is 7.35. The van der Waals surface area contributed by atoms with Gasteiger partial charge in [0.1, 0.15) is 0 Å². The average molecular weight is 574 g/mol. The number of allylic oxidation sites excluding steroid dienone is 1. The fourth-order valence-corrected chi connectivity index (χ4v) is 6.73. The van der Waals surface area contributed by atoms with Gasteiger partial charge in [0.2, 0.25) is 0 Å². The van der Waals surface area contributed by atoms with Crippen molar-refractivity contribution < 1.29 is 9.53 Å². The van der Waals surface area contributed by atoms with E-state index in [9.17, 15) is 9.59 Å². The molecule has 3 aromatic carbocycles. The zero-order chi connectivity index (χ0) is 29.4. The van der Waals surface area contributed by atoms with Crippen molar-refractivity contribution in [3.63, 3.8) is 0 Å². The van der Waals surface area contributed by atoms with Crippen LogP contribution in [-0.2, 0) is 9.53 Å². The minimum absolute atomic E-state index is 0.179. The minimum atomic E-state index is -0.609. The number of hydrogen-bond acceptors (Lipinski definition) is 5. The van der Waals surface area contributed by atoms with E-state index in [0.717, 1.165) is 33.8 Å². The fraction of sp³-hybridized carbons (Fsp3) is 0.171. The van der Waals surface area contributed by atoms with Crippen LogP contribution >= 0.6 is 11.3 Å². The molecule has 0 radical (unpaired) electrons. The van der Waals surface area contributed by atoms with Crippen molar-refractivity contribution in [2.45, 2.75) is 33.2 Å². The van der Waals surface area contributed by atoms with Gasteiger partial charge >= 0.3 is 5.97 Å². The molecule has 0 amide bonds. The number of aryl methyl sites for hydroxylation is 1. The van der Waals surface area contributed by atoms with E-state index in [1.54, 1.807) is 4.57 Å². The van der Waals surface area contributed by atoms with Crippen LogP contribution in [0.2, 0.25) is 0 Å². The van der Waals surface area contributed by atoms with Gasteiger partial charge in [-0.25, -0.2) is 9.79 Å². The van der Waals surface area contributed by atoms with Gasteiger partial charge in [-0.3, -0.25) is 9.36 Å². The lowest BCUT2D eigenvalue weighted by Gasteiger charge is -2.25. The second kappa shape index (κ2) is 11.3. The fourth-order valence-electron chi connectivity index (χ4n) is 5.72. The number of aromatic nitrogens is 2. The SMILES string of the molecule is CCC1=C(C(=O)OC)[C@@H](c2ccccc2)n2c(s/c(=C/c3cc(C)n(-c4ccc(-c5ccccc5)cc4)c3C)c2=O)=N1. The average Bonchev–Trinajstić information content (AvgIpc) is 3.49. The summed E-state index contributed by atoms with van der Waals surface area (Å²) in [6.07, 6.45) is 2.49. The van der Waals surface area contributed by atoms with Gasteiger partial charge in [0.15, 0.2) is 4.80 Å². The molecule has 0 spiro atoms. The summed E-state index contributed by atoms with van der Waals surface area (Å²) < 4.78 is 9.56. The summed E-state index contributed by atoms with van der Waals surface area (Å²) in [5.74, 6) is -0.472. The van der Waals surface area contributed by atoms with Crippen LogP contribution in [0.3, 0.4) is 0 Å². The summed E-state index contributed by atoms with van der Waals surface area (Å²) in [6, 6.07) is 29.9. The van der Waals surface area contributed by atoms with Gasteiger partial charge < -0.3 is 9.30 Å². The van der Waals surface area contributed by atoms with E-state index in [4.69, 9.17) is 9.73 Å². The van der Waals surface area contributed by atoms with Crippen molar-refractivity contribution in [1.29, 1.82) is 0 Å². The standard InChI is InChI=1S/C35H31N3O3S/c1-5-29-31(34(40)41-4)32(26-14-10-7-11-15-26)38-33(39)30(42-35(38)36-29)21-27-20-22(2)37(23(27)3)28-18-16-25(17-19-28)24-12-8-6-9-13-24/h6-21,32H,5H2,1-4H3/b30-21+/t32-/m1/s1. The second-order valence-corrected chi connectivity index (χ2v) is 11.3. The molecule has 42 heavy (non-hydrogen) atoms. The van der Waals surface area contributed by atoms with Gasteiger partial charge in [0, 0.05) is 17.1 Å². The van der Waals surface area contributed by atoms with Crippen LogP contribution in [0.25, 0.3) is 22.9 Å². The van der Waals surface area contributed by atoms with Crippen LogP contribution in [0.1, 0.15) is 41.9 Å². The molecule has 0 saturated heterocycles. The molecule has 210 valence electrons. The maximum absolute atomic E-state index is 14.0. The smallest absolute Gasteiger partial charge is 0.338 e. The first-order chi connectivity index (χ1) is 20.4. The van der Waals surface area contributed by atoms with Gasteiger partial charge in [-0.15, -0.1) is 0 Å². The summed E-state index contributed by atoms with van der Waals surface area (Å²) in [6.45, 7) is 6.10. The molecule has 2 aromatic heterocycles. The first-order valence-electron chi connectivity index (χ1n) is 13.9. The topological polar surface area (TPSA) is 65.6 Å². The zero-order valence-corrected chi connectivity index (χ0v) is 24.8. The van der Waals surface area contributed by atoms with Crippen LogP contribution < -0.4 is 14.9 Å². The monoisotopic (exact) mass is 573 g/mol. The number of fused-ring (bicyclic) bond motifs is 1. The summed E-state index contributed by atoms with van der Waals surface area (Å²) in [5, 5.41) is 0. The Bertz CT molecular complexity index is 2000. The van der Waals surface area contributed by atoms with E-state index in [1.807, 2.05) is 61.5 Å². The molecule has 1 aliphatic rings. The van der Waals surface area contributed by atoms with Crippen molar-refractivity contribution in [2.24, 2.45) is 4.99 Å². The lowest BCUT2D eigenvalue weighted by atomic mass is 9.95. The van der Waals surface area contributed by atoms with Crippen molar-refractivity contribution >= 4 is 23.4 Å². The molecule has 0 saturated carbocycles. The molecular weight excluding hydrogens is 542 g/mol. The second-order valence-electron chi connectivity index (χ2n) is 10.3. The molecule has 5 aromatic rings. The van der Waals surface area contributed by atoms with Crippen LogP contribution in [0.5, 0.6) is 0 Å². The molecule has 0 bridgehead atoms. The quantitative estimate of drug-likeness (QED) is 0.239. The van der Waals surface area contributed by atoms with Crippen LogP contribution in [0, 0.1) is 13.8 Å². The Balaban J connectivity index is 1.46. The molecule has 1 atom stereocenters. The maximum atomic E-state index is 14.0.